The van der Waals surface area contributed by atoms with E-state index in [1.807, 2.05) is 12.1 Å². The van der Waals surface area contributed by atoms with Gasteiger partial charge in [-0.05, 0) is 67.6 Å². The zero-order valence-electron chi connectivity index (χ0n) is 15.7. The summed E-state index contributed by atoms with van der Waals surface area (Å²) in [6.45, 7) is 0. The topological polar surface area (TPSA) is 77.2 Å². The van der Waals surface area contributed by atoms with Crippen LogP contribution in [0, 0.1) is 0 Å². The van der Waals surface area contributed by atoms with Gasteiger partial charge in [-0.1, -0.05) is 6.42 Å². The van der Waals surface area contributed by atoms with Crippen molar-refractivity contribution in [1.29, 1.82) is 0 Å². The summed E-state index contributed by atoms with van der Waals surface area (Å²) in [5.74, 6) is 1.24. The Labute approximate surface area is 171 Å². The lowest BCUT2D eigenvalue weighted by Gasteiger charge is -2.09. The van der Waals surface area contributed by atoms with Gasteiger partial charge in [0, 0.05) is 10.6 Å². The van der Waals surface area contributed by atoms with E-state index >= 15 is 0 Å². The molecule has 0 saturated heterocycles. The number of benzene rings is 1. The molecule has 5 rings (SSSR count). The van der Waals surface area contributed by atoms with Crippen LogP contribution < -0.4 is 10.1 Å². The first-order valence-electron chi connectivity index (χ1n) is 9.66. The molecule has 1 aliphatic carbocycles. The first-order valence-corrected chi connectivity index (χ1v) is 10.5. The third-order valence-electron chi connectivity index (χ3n) is 5.04. The molecular formula is C22H19N3O3S. The summed E-state index contributed by atoms with van der Waals surface area (Å²) in [6.07, 6.45) is 8.88. The fraction of sp³-hybridized carbons (Fsp3) is 0.227. The average Bonchev–Trinajstić information content (AvgIpc) is 3.33. The number of ether oxygens (including phenoxy) is 1. The van der Waals surface area contributed by atoms with Crippen molar-refractivity contribution in [2.24, 2.45) is 0 Å². The number of fused-ring (bicyclic) bond motifs is 3. The first-order chi connectivity index (χ1) is 14.3. The molecule has 3 heterocycles. The summed E-state index contributed by atoms with van der Waals surface area (Å²) in [7, 11) is 0. The number of rotatable bonds is 4. The largest absolute Gasteiger partial charge is 0.459 e. The number of furan rings is 1. The number of hydrogen-bond donors (Lipinski definition) is 1. The van der Waals surface area contributed by atoms with Crippen molar-refractivity contribution in [3.63, 3.8) is 0 Å². The van der Waals surface area contributed by atoms with Crippen molar-refractivity contribution in [2.75, 3.05) is 5.32 Å². The SMILES string of the molecule is O=C(Nc1ccc(Oc2ncnc3sc4c(c23)CCCCC4)cc1)c1ccco1. The maximum atomic E-state index is 12.1. The van der Waals surface area contributed by atoms with E-state index in [0.29, 0.717) is 17.3 Å². The highest BCUT2D eigenvalue weighted by atomic mass is 32.1. The van der Waals surface area contributed by atoms with Crippen LogP contribution in [0.3, 0.4) is 0 Å². The number of nitrogens with one attached hydrogen (secondary N) is 1. The Kier molecular flexibility index (Phi) is 4.73. The number of hydrogen-bond acceptors (Lipinski definition) is 6. The molecule has 0 radical (unpaired) electrons. The molecule has 3 aromatic heterocycles. The second-order valence-corrected chi connectivity index (χ2v) is 8.06. The second kappa shape index (κ2) is 7.67. The van der Waals surface area contributed by atoms with Crippen molar-refractivity contribution in [3.8, 4) is 11.6 Å². The van der Waals surface area contributed by atoms with Gasteiger partial charge >= 0.3 is 0 Å². The standard InChI is InChI=1S/C22H19N3O3S/c26-20(17-6-4-12-27-17)25-14-8-10-15(11-9-14)28-21-19-16-5-2-1-3-7-18(16)29-22(19)24-13-23-21/h4,6,8-13H,1-3,5,7H2,(H,25,26). The molecule has 146 valence electrons. The molecule has 7 heteroatoms. The van der Waals surface area contributed by atoms with Crippen LogP contribution in [0.15, 0.2) is 53.4 Å². The van der Waals surface area contributed by atoms with Crippen molar-refractivity contribution in [2.45, 2.75) is 32.1 Å². The van der Waals surface area contributed by atoms with Crippen molar-refractivity contribution in [3.05, 3.63) is 65.2 Å². The minimum absolute atomic E-state index is 0.270. The van der Waals surface area contributed by atoms with E-state index in [1.54, 1.807) is 41.9 Å². The number of carbonyl (C=O) groups is 1. The molecule has 0 spiro atoms. The fourth-order valence-corrected chi connectivity index (χ4v) is 4.85. The number of aromatic nitrogens is 2. The van der Waals surface area contributed by atoms with E-state index in [-0.39, 0.29) is 11.7 Å². The second-order valence-electron chi connectivity index (χ2n) is 6.98. The van der Waals surface area contributed by atoms with E-state index < -0.39 is 0 Å². The monoisotopic (exact) mass is 405 g/mol. The molecule has 1 N–H and O–H groups in total. The van der Waals surface area contributed by atoms with E-state index in [9.17, 15) is 4.79 Å². The van der Waals surface area contributed by atoms with Gasteiger partial charge in [0.05, 0.1) is 11.6 Å². The maximum absolute atomic E-state index is 12.1. The lowest BCUT2D eigenvalue weighted by atomic mass is 10.1. The summed E-state index contributed by atoms with van der Waals surface area (Å²) >= 11 is 1.76. The van der Waals surface area contributed by atoms with Gasteiger partial charge in [0.2, 0.25) is 5.88 Å². The van der Waals surface area contributed by atoms with Crippen LogP contribution >= 0.6 is 11.3 Å². The molecule has 1 amide bonds. The van der Waals surface area contributed by atoms with Gasteiger partial charge in [-0.15, -0.1) is 11.3 Å². The molecule has 0 bridgehead atoms. The summed E-state index contributed by atoms with van der Waals surface area (Å²) in [6, 6.07) is 10.5. The van der Waals surface area contributed by atoms with Crippen molar-refractivity contribution in [1.82, 2.24) is 9.97 Å². The Morgan fingerprint density at radius 3 is 2.76 bits per heavy atom. The smallest absolute Gasteiger partial charge is 0.291 e. The molecule has 29 heavy (non-hydrogen) atoms. The van der Waals surface area contributed by atoms with E-state index in [1.165, 1.54) is 36.0 Å². The highest BCUT2D eigenvalue weighted by molar-refractivity contribution is 7.18. The molecule has 4 aromatic rings. The molecule has 0 atom stereocenters. The van der Waals surface area contributed by atoms with Crippen LogP contribution in [0.5, 0.6) is 11.6 Å². The van der Waals surface area contributed by atoms with Crippen molar-refractivity contribution < 1.29 is 13.9 Å². The van der Waals surface area contributed by atoms with Crippen LogP contribution in [0.25, 0.3) is 10.2 Å². The zero-order chi connectivity index (χ0) is 19.6. The summed E-state index contributed by atoms with van der Waals surface area (Å²) in [4.78, 5) is 23.4. The van der Waals surface area contributed by atoms with Gasteiger partial charge in [-0.25, -0.2) is 9.97 Å². The van der Waals surface area contributed by atoms with E-state index in [0.717, 1.165) is 23.1 Å². The fourth-order valence-electron chi connectivity index (χ4n) is 3.63. The molecule has 0 saturated carbocycles. The number of amides is 1. The Morgan fingerprint density at radius 1 is 1.07 bits per heavy atom. The minimum Gasteiger partial charge on any atom is -0.459 e. The molecule has 0 fully saturated rings. The quantitative estimate of drug-likeness (QED) is 0.447. The number of thiophene rings is 1. The highest BCUT2D eigenvalue weighted by Gasteiger charge is 2.20. The summed E-state index contributed by atoms with van der Waals surface area (Å²) in [5.41, 5.74) is 2.01. The number of nitrogens with zero attached hydrogens (tertiary/aromatic N) is 2. The Bertz CT molecular complexity index is 1150. The highest BCUT2D eigenvalue weighted by Crippen LogP contribution is 2.39. The third kappa shape index (κ3) is 3.61. The van der Waals surface area contributed by atoms with E-state index in [2.05, 4.69) is 15.3 Å². The maximum Gasteiger partial charge on any atom is 0.291 e. The van der Waals surface area contributed by atoms with Gasteiger partial charge < -0.3 is 14.5 Å². The summed E-state index contributed by atoms with van der Waals surface area (Å²) in [5, 5.41) is 3.84. The van der Waals surface area contributed by atoms with Crippen LogP contribution in [-0.4, -0.2) is 15.9 Å². The van der Waals surface area contributed by atoms with Crippen LogP contribution in [0.2, 0.25) is 0 Å². The Balaban J connectivity index is 1.38. The number of anilines is 1. The number of aryl methyl sites for hydroxylation is 2. The van der Waals surface area contributed by atoms with Gasteiger partial charge in [-0.3, -0.25) is 4.79 Å². The third-order valence-corrected chi connectivity index (χ3v) is 6.24. The average molecular weight is 405 g/mol. The molecule has 1 aromatic carbocycles. The zero-order valence-corrected chi connectivity index (χ0v) is 16.5. The van der Waals surface area contributed by atoms with E-state index in [4.69, 9.17) is 9.15 Å². The molecule has 0 unspecified atom stereocenters. The number of carbonyl (C=O) groups excluding carboxylic acids is 1. The van der Waals surface area contributed by atoms with Crippen LogP contribution in [-0.2, 0) is 12.8 Å². The molecule has 0 aliphatic heterocycles. The van der Waals surface area contributed by atoms with Gasteiger partial charge in [0.1, 0.15) is 16.9 Å². The van der Waals surface area contributed by atoms with Crippen molar-refractivity contribution >= 4 is 33.1 Å². The lowest BCUT2D eigenvalue weighted by molar-refractivity contribution is 0.0996. The minimum atomic E-state index is -0.290. The summed E-state index contributed by atoms with van der Waals surface area (Å²) < 4.78 is 11.2. The predicted octanol–water partition coefficient (Wildman–Crippen LogP) is 5.60. The van der Waals surface area contributed by atoms with Gasteiger partial charge in [0.15, 0.2) is 5.76 Å². The van der Waals surface area contributed by atoms with Gasteiger partial charge in [0.25, 0.3) is 5.91 Å². The lowest BCUT2D eigenvalue weighted by Crippen LogP contribution is -2.10. The Morgan fingerprint density at radius 2 is 1.93 bits per heavy atom. The predicted molar refractivity (Wildman–Crippen MR) is 112 cm³/mol. The Hall–Kier alpha value is -3.19. The molecular weight excluding hydrogens is 386 g/mol. The first kappa shape index (κ1) is 17.9. The van der Waals surface area contributed by atoms with Gasteiger partial charge in [-0.2, -0.15) is 0 Å². The molecule has 1 aliphatic rings. The van der Waals surface area contributed by atoms with Crippen LogP contribution in [0.4, 0.5) is 5.69 Å². The van der Waals surface area contributed by atoms with Crippen LogP contribution in [0.1, 0.15) is 40.3 Å². The molecule has 6 nitrogen and oxygen atoms in total. The normalized spacial score (nSPS) is 13.7.